The molecule has 0 bridgehead atoms. The van der Waals surface area contributed by atoms with Crippen molar-refractivity contribution >= 4 is 33.4 Å². The third kappa shape index (κ3) is 4.52. The molecule has 5 nitrogen and oxygen atoms in total. The van der Waals surface area contributed by atoms with Crippen LogP contribution in [0.2, 0.25) is 0 Å². The van der Waals surface area contributed by atoms with Gasteiger partial charge in [0, 0.05) is 25.0 Å². The number of nitrogens with one attached hydrogen (secondary N) is 1. The summed E-state index contributed by atoms with van der Waals surface area (Å²) in [5.74, 6) is -0.0746. The van der Waals surface area contributed by atoms with Gasteiger partial charge in [-0.05, 0) is 44.4 Å². The summed E-state index contributed by atoms with van der Waals surface area (Å²) < 4.78 is 25.7. The normalized spacial score (nSPS) is 17.2. The van der Waals surface area contributed by atoms with Crippen molar-refractivity contribution in [2.45, 2.75) is 54.9 Å². The molecule has 134 valence electrons. The monoisotopic (exact) mass is 370 g/mol. The van der Waals surface area contributed by atoms with Gasteiger partial charge in [-0.2, -0.15) is 0 Å². The number of carbonyl (C=O) groups is 1. The van der Waals surface area contributed by atoms with E-state index in [-0.39, 0.29) is 16.1 Å². The molecule has 0 aromatic heterocycles. The standard InChI is InChI=1S/C17H26N2O3S2/c1-12-9-10-15(24(21,22)19(3)4)11-16(12)18-17(20)13(2)23-14-7-5-6-8-14/h9-11,13-14H,5-8H2,1-4H3,(H,18,20). The lowest BCUT2D eigenvalue weighted by atomic mass is 10.2. The number of hydrogen-bond donors (Lipinski definition) is 1. The summed E-state index contributed by atoms with van der Waals surface area (Å²) >= 11 is 1.72. The van der Waals surface area contributed by atoms with Crippen molar-refractivity contribution in [3.63, 3.8) is 0 Å². The number of anilines is 1. The van der Waals surface area contributed by atoms with E-state index in [0.717, 1.165) is 5.56 Å². The molecule has 0 spiro atoms. The van der Waals surface area contributed by atoms with E-state index in [0.29, 0.717) is 10.9 Å². The number of amides is 1. The molecule has 1 aliphatic rings. The summed E-state index contributed by atoms with van der Waals surface area (Å²) in [7, 11) is -0.526. The third-order valence-electron chi connectivity index (χ3n) is 4.31. The van der Waals surface area contributed by atoms with E-state index in [4.69, 9.17) is 0 Å². The Balaban J connectivity index is 2.12. The van der Waals surface area contributed by atoms with Crippen molar-refractivity contribution in [2.24, 2.45) is 0 Å². The lowest BCUT2D eigenvalue weighted by Gasteiger charge is -2.18. The number of hydrogen-bond acceptors (Lipinski definition) is 4. The van der Waals surface area contributed by atoms with Gasteiger partial charge in [0.05, 0.1) is 10.1 Å². The van der Waals surface area contributed by atoms with Crippen LogP contribution in [-0.4, -0.2) is 43.2 Å². The molecule has 1 aromatic rings. The van der Waals surface area contributed by atoms with Crippen LogP contribution in [0, 0.1) is 6.92 Å². The number of thioether (sulfide) groups is 1. The summed E-state index contributed by atoms with van der Waals surface area (Å²) in [5, 5.41) is 3.30. The fourth-order valence-electron chi connectivity index (χ4n) is 2.72. The highest BCUT2D eigenvalue weighted by Crippen LogP contribution is 2.32. The number of carbonyl (C=O) groups excluding carboxylic acids is 1. The van der Waals surface area contributed by atoms with E-state index >= 15 is 0 Å². The van der Waals surface area contributed by atoms with E-state index in [9.17, 15) is 13.2 Å². The van der Waals surface area contributed by atoms with Gasteiger partial charge in [-0.25, -0.2) is 12.7 Å². The Morgan fingerprint density at radius 1 is 1.29 bits per heavy atom. The van der Waals surface area contributed by atoms with E-state index in [2.05, 4.69) is 5.32 Å². The molecule has 1 fully saturated rings. The Kier molecular flexibility index (Phi) is 6.33. The van der Waals surface area contributed by atoms with Crippen LogP contribution in [0.5, 0.6) is 0 Å². The van der Waals surface area contributed by atoms with Crippen LogP contribution in [-0.2, 0) is 14.8 Å². The fraction of sp³-hybridized carbons (Fsp3) is 0.588. The highest BCUT2D eigenvalue weighted by Gasteiger charge is 2.23. The van der Waals surface area contributed by atoms with Crippen molar-refractivity contribution in [2.75, 3.05) is 19.4 Å². The third-order valence-corrected chi connectivity index (χ3v) is 7.60. The molecule has 1 amide bonds. The first-order chi connectivity index (χ1) is 11.2. The van der Waals surface area contributed by atoms with Gasteiger partial charge in [0.1, 0.15) is 0 Å². The average Bonchev–Trinajstić information content (AvgIpc) is 3.01. The average molecular weight is 371 g/mol. The molecule has 1 N–H and O–H groups in total. The first kappa shape index (κ1) is 19.3. The van der Waals surface area contributed by atoms with Crippen LogP contribution in [0.4, 0.5) is 5.69 Å². The van der Waals surface area contributed by atoms with Gasteiger partial charge in [0.25, 0.3) is 0 Å². The minimum atomic E-state index is -3.51. The van der Waals surface area contributed by atoms with E-state index < -0.39 is 10.0 Å². The molecule has 0 saturated heterocycles. The summed E-state index contributed by atoms with van der Waals surface area (Å²) in [6, 6.07) is 4.83. The molecule has 1 unspecified atom stereocenters. The highest BCUT2D eigenvalue weighted by atomic mass is 32.2. The predicted molar refractivity (Wildman–Crippen MR) is 100.0 cm³/mol. The second-order valence-electron chi connectivity index (χ2n) is 6.44. The van der Waals surface area contributed by atoms with Gasteiger partial charge in [-0.1, -0.05) is 18.9 Å². The Bertz CT molecular complexity index is 696. The number of benzene rings is 1. The topological polar surface area (TPSA) is 66.5 Å². The zero-order chi connectivity index (χ0) is 17.9. The minimum Gasteiger partial charge on any atom is -0.325 e. The van der Waals surface area contributed by atoms with Crippen LogP contribution in [0.1, 0.15) is 38.2 Å². The van der Waals surface area contributed by atoms with Gasteiger partial charge in [-0.15, -0.1) is 11.8 Å². The van der Waals surface area contributed by atoms with Crippen LogP contribution in [0.15, 0.2) is 23.1 Å². The largest absolute Gasteiger partial charge is 0.325 e. The lowest BCUT2D eigenvalue weighted by Crippen LogP contribution is -2.25. The van der Waals surface area contributed by atoms with Crippen LogP contribution in [0.3, 0.4) is 0 Å². The molecular formula is C17H26N2O3S2. The number of nitrogens with zero attached hydrogens (tertiary/aromatic N) is 1. The Hall–Kier alpha value is -1.05. The molecule has 0 radical (unpaired) electrons. The lowest BCUT2D eigenvalue weighted by molar-refractivity contribution is -0.115. The molecule has 1 aliphatic carbocycles. The molecule has 1 aromatic carbocycles. The van der Waals surface area contributed by atoms with E-state index in [1.165, 1.54) is 50.2 Å². The van der Waals surface area contributed by atoms with Crippen molar-refractivity contribution in [1.82, 2.24) is 4.31 Å². The summed E-state index contributed by atoms with van der Waals surface area (Å²) in [5.41, 5.74) is 1.40. The molecule has 0 heterocycles. The van der Waals surface area contributed by atoms with E-state index in [1.54, 1.807) is 23.9 Å². The van der Waals surface area contributed by atoms with Crippen LogP contribution >= 0.6 is 11.8 Å². The summed E-state index contributed by atoms with van der Waals surface area (Å²) in [6.07, 6.45) is 4.85. The van der Waals surface area contributed by atoms with Crippen molar-refractivity contribution < 1.29 is 13.2 Å². The van der Waals surface area contributed by atoms with Crippen molar-refractivity contribution in [1.29, 1.82) is 0 Å². The van der Waals surface area contributed by atoms with Crippen LogP contribution < -0.4 is 5.32 Å². The molecular weight excluding hydrogens is 344 g/mol. The second-order valence-corrected chi connectivity index (χ2v) is 10.2. The van der Waals surface area contributed by atoms with Crippen molar-refractivity contribution in [3.8, 4) is 0 Å². The SMILES string of the molecule is Cc1ccc(S(=O)(=O)N(C)C)cc1NC(=O)C(C)SC1CCCC1. The Morgan fingerprint density at radius 2 is 1.92 bits per heavy atom. The first-order valence-electron chi connectivity index (χ1n) is 8.21. The maximum absolute atomic E-state index is 12.5. The highest BCUT2D eigenvalue weighted by molar-refractivity contribution is 8.01. The first-order valence-corrected chi connectivity index (χ1v) is 10.6. The maximum Gasteiger partial charge on any atom is 0.242 e. The summed E-state index contributed by atoms with van der Waals surface area (Å²) in [4.78, 5) is 12.6. The Labute approximate surface area is 149 Å². The quantitative estimate of drug-likeness (QED) is 0.835. The molecule has 0 aliphatic heterocycles. The molecule has 1 saturated carbocycles. The zero-order valence-electron chi connectivity index (χ0n) is 14.7. The fourth-order valence-corrected chi connectivity index (χ4v) is 5.01. The van der Waals surface area contributed by atoms with E-state index in [1.807, 2.05) is 13.8 Å². The number of aryl methyl sites for hydroxylation is 1. The molecule has 7 heteroatoms. The zero-order valence-corrected chi connectivity index (χ0v) is 16.3. The second kappa shape index (κ2) is 7.89. The summed E-state index contributed by atoms with van der Waals surface area (Å²) in [6.45, 7) is 3.77. The molecule has 2 rings (SSSR count). The molecule has 24 heavy (non-hydrogen) atoms. The van der Waals surface area contributed by atoms with Gasteiger partial charge >= 0.3 is 0 Å². The van der Waals surface area contributed by atoms with Crippen molar-refractivity contribution in [3.05, 3.63) is 23.8 Å². The number of rotatable bonds is 6. The Morgan fingerprint density at radius 3 is 2.50 bits per heavy atom. The predicted octanol–water partition coefficient (Wildman–Crippen LogP) is 3.25. The van der Waals surface area contributed by atoms with Gasteiger partial charge in [0.15, 0.2) is 0 Å². The smallest absolute Gasteiger partial charge is 0.242 e. The number of sulfonamides is 1. The van der Waals surface area contributed by atoms with Gasteiger partial charge in [0.2, 0.25) is 15.9 Å². The minimum absolute atomic E-state index is 0.0746. The van der Waals surface area contributed by atoms with Gasteiger partial charge < -0.3 is 5.32 Å². The maximum atomic E-state index is 12.5. The van der Waals surface area contributed by atoms with Crippen LogP contribution in [0.25, 0.3) is 0 Å². The molecule has 1 atom stereocenters. The van der Waals surface area contributed by atoms with Gasteiger partial charge in [-0.3, -0.25) is 4.79 Å².